The number of methoxy groups -OCH3 is 1. The molecule has 152 valence electrons. The summed E-state index contributed by atoms with van der Waals surface area (Å²) in [6.45, 7) is 0. The fourth-order valence-electron chi connectivity index (χ4n) is 3.27. The van der Waals surface area contributed by atoms with Crippen molar-refractivity contribution in [2.75, 3.05) is 7.11 Å². The number of nitrogens with zero attached hydrogens (tertiary/aromatic N) is 2. The number of nitrogens with one attached hydrogen (secondary N) is 1. The van der Waals surface area contributed by atoms with E-state index in [0.29, 0.717) is 5.56 Å². The summed E-state index contributed by atoms with van der Waals surface area (Å²) >= 11 is 0. The summed E-state index contributed by atoms with van der Waals surface area (Å²) in [5.74, 6) is 0.477. The van der Waals surface area contributed by atoms with Crippen molar-refractivity contribution in [3.63, 3.8) is 0 Å². The fourth-order valence-corrected chi connectivity index (χ4v) is 3.27. The molecule has 0 spiro atoms. The van der Waals surface area contributed by atoms with Gasteiger partial charge in [0.25, 0.3) is 5.91 Å². The van der Waals surface area contributed by atoms with E-state index in [4.69, 9.17) is 9.72 Å². The monoisotopic (exact) mass is 407 g/mol. The smallest absolute Gasteiger partial charge is 0.272 e. The molecule has 0 aliphatic carbocycles. The number of amides is 1. The molecule has 0 unspecified atom stereocenters. The summed E-state index contributed by atoms with van der Waals surface area (Å²) in [6.07, 6.45) is 5.15. The van der Waals surface area contributed by atoms with Crippen molar-refractivity contribution in [1.82, 2.24) is 10.4 Å². The average molecular weight is 407 g/mol. The molecule has 1 aromatic heterocycles. The lowest BCUT2D eigenvalue weighted by atomic mass is 10.0. The van der Waals surface area contributed by atoms with Crippen LogP contribution >= 0.6 is 0 Å². The summed E-state index contributed by atoms with van der Waals surface area (Å²) in [5.41, 5.74) is 6.50. The second-order valence-electron chi connectivity index (χ2n) is 6.76. The third kappa shape index (κ3) is 4.67. The van der Waals surface area contributed by atoms with E-state index in [1.165, 1.54) is 6.21 Å². The quantitative estimate of drug-likeness (QED) is 0.347. The zero-order valence-electron chi connectivity index (χ0n) is 17.0. The Kier molecular flexibility index (Phi) is 6.14. The Labute approximate surface area is 180 Å². The van der Waals surface area contributed by atoms with Crippen molar-refractivity contribution in [2.24, 2.45) is 5.10 Å². The molecule has 0 saturated heterocycles. The molecule has 0 bridgehead atoms. The first-order valence-corrected chi connectivity index (χ1v) is 9.84. The predicted molar refractivity (Wildman–Crippen MR) is 125 cm³/mol. The van der Waals surface area contributed by atoms with E-state index in [9.17, 15) is 4.79 Å². The zero-order chi connectivity index (χ0) is 21.5. The molecule has 4 rings (SSSR count). The minimum Gasteiger partial charge on any atom is -0.496 e. The number of rotatable bonds is 6. The Morgan fingerprint density at radius 2 is 1.71 bits per heavy atom. The van der Waals surface area contributed by atoms with Crippen molar-refractivity contribution in [3.8, 4) is 17.0 Å². The normalized spacial score (nSPS) is 11.3. The minimum absolute atomic E-state index is 0.294. The third-order valence-corrected chi connectivity index (χ3v) is 4.77. The second kappa shape index (κ2) is 9.50. The maximum Gasteiger partial charge on any atom is 0.272 e. The van der Waals surface area contributed by atoms with Gasteiger partial charge in [0.15, 0.2) is 0 Å². The van der Waals surface area contributed by atoms with Crippen LogP contribution in [0.25, 0.3) is 28.2 Å². The molecule has 0 fully saturated rings. The van der Waals surface area contributed by atoms with Gasteiger partial charge in [0.05, 0.1) is 23.9 Å². The Bertz CT molecular complexity index is 1260. The first-order valence-electron chi connectivity index (χ1n) is 9.84. The number of aromatic nitrogens is 1. The lowest BCUT2D eigenvalue weighted by Crippen LogP contribution is -2.18. The molecule has 0 atom stereocenters. The highest BCUT2D eigenvalue weighted by Crippen LogP contribution is 2.24. The number of benzene rings is 3. The zero-order valence-corrected chi connectivity index (χ0v) is 17.0. The topological polar surface area (TPSA) is 63.6 Å². The highest BCUT2D eigenvalue weighted by Gasteiger charge is 2.13. The van der Waals surface area contributed by atoms with Crippen LogP contribution in [0, 0.1) is 0 Å². The SMILES string of the molecule is COc1ccccc1/C=C/C=N\NC(=O)c1cc(-c2ccccc2)nc2ccccc12. The lowest BCUT2D eigenvalue weighted by Gasteiger charge is -2.08. The molecule has 1 N–H and O–H groups in total. The van der Waals surface area contributed by atoms with Crippen LogP contribution in [-0.4, -0.2) is 24.2 Å². The van der Waals surface area contributed by atoms with Gasteiger partial charge in [-0.3, -0.25) is 4.79 Å². The van der Waals surface area contributed by atoms with Gasteiger partial charge in [-0.2, -0.15) is 5.10 Å². The number of ether oxygens (including phenoxy) is 1. The molecule has 0 saturated carbocycles. The molecular weight excluding hydrogens is 386 g/mol. The van der Waals surface area contributed by atoms with E-state index in [-0.39, 0.29) is 5.91 Å². The van der Waals surface area contributed by atoms with E-state index >= 15 is 0 Å². The molecular formula is C26H21N3O2. The third-order valence-electron chi connectivity index (χ3n) is 4.77. The number of hydrazone groups is 1. The van der Waals surface area contributed by atoms with Crippen LogP contribution in [-0.2, 0) is 0 Å². The molecule has 4 aromatic rings. The van der Waals surface area contributed by atoms with Gasteiger partial charge in [-0.05, 0) is 30.4 Å². The van der Waals surface area contributed by atoms with Gasteiger partial charge in [-0.15, -0.1) is 0 Å². The molecule has 3 aromatic carbocycles. The molecule has 5 heteroatoms. The van der Waals surface area contributed by atoms with E-state index in [1.54, 1.807) is 19.3 Å². The lowest BCUT2D eigenvalue weighted by molar-refractivity contribution is 0.0957. The summed E-state index contributed by atoms with van der Waals surface area (Å²) in [7, 11) is 1.63. The Morgan fingerprint density at radius 1 is 0.968 bits per heavy atom. The maximum absolute atomic E-state index is 12.9. The van der Waals surface area contributed by atoms with Gasteiger partial charge >= 0.3 is 0 Å². The average Bonchev–Trinajstić information content (AvgIpc) is 2.83. The molecule has 0 radical (unpaired) electrons. The molecule has 5 nitrogen and oxygen atoms in total. The highest BCUT2D eigenvalue weighted by atomic mass is 16.5. The van der Waals surface area contributed by atoms with Crippen molar-refractivity contribution < 1.29 is 9.53 Å². The van der Waals surface area contributed by atoms with E-state index in [2.05, 4.69) is 10.5 Å². The van der Waals surface area contributed by atoms with Crippen LogP contribution in [0.5, 0.6) is 5.75 Å². The number of carbonyl (C=O) groups excluding carboxylic acids is 1. The van der Waals surface area contributed by atoms with Gasteiger partial charge in [-0.25, -0.2) is 10.4 Å². The van der Waals surface area contributed by atoms with Crippen LogP contribution in [0.3, 0.4) is 0 Å². The number of hydrogen-bond acceptors (Lipinski definition) is 4. The number of carbonyl (C=O) groups is 1. The summed E-state index contributed by atoms with van der Waals surface area (Å²) in [6, 6.07) is 26.8. The number of pyridine rings is 1. The first kappa shape index (κ1) is 20.0. The Balaban J connectivity index is 1.56. The second-order valence-corrected chi connectivity index (χ2v) is 6.76. The Morgan fingerprint density at radius 3 is 2.55 bits per heavy atom. The van der Waals surface area contributed by atoms with E-state index < -0.39 is 0 Å². The highest BCUT2D eigenvalue weighted by molar-refractivity contribution is 6.07. The molecule has 1 heterocycles. The van der Waals surface area contributed by atoms with Crippen LogP contribution in [0.4, 0.5) is 0 Å². The standard InChI is InChI=1S/C26H21N3O2/c1-31-25-16-8-5-12-20(25)13-9-17-27-29-26(30)22-18-24(19-10-3-2-4-11-19)28-23-15-7-6-14-21(22)23/h2-18H,1H3,(H,29,30)/b13-9+,27-17-. The molecule has 1 amide bonds. The molecule has 0 aliphatic heterocycles. The maximum atomic E-state index is 12.9. The first-order chi connectivity index (χ1) is 15.3. The summed E-state index contributed by atoms with van der Waals surface area (Å²) in [4.78, 5) is 17.6. The molecule has 31 heavy (non-hydrogen) atoms. The van der Waals surface area contributed by atoms with Gasteiger partial charge in [0.1, 0.15) is 5.75 Å². The van der Waals surface area contributed by atoms with Crippen molar-refractivity contribution in [2.45, 2.75) is 0 Å². The predicted octanol–water partition coefficient (Wildman–Crippen LogP) is 5.34. The van der Waals surface area contributed by atoms with Gasteiger partial charge in [0.2, 0.25) is 0 Å². The number of para-hydroxylation sites is 2. The number of fused-ring (bicyclic) bond motifs is 1. The number of hydrogen-bond donors (Lipinski definition) is 1. The van der Waals surface area contributed by atoms with Crippen molar-refractivity contribution >= 4 is 29.1 Å². The van der Waals surface area contributed by atoms with Gasteiger partial charge in [-0.1, -0.05) is 66.7 Å². The van der Waals surface area contributed by atoms with Crippen molar-refractivity contribution in [1.29, 1.82) is 0 Å². The van der Waals surface area contributed by atoms with E-state index in [0.717, 1.165) is 33.5 Å². The van der Waals surface area contributed by atoms with Crippen LogP contribution in [0.15, 0.2) is 96.1 Å². The number of allylic oxidation sites excluding steroid dienone is 1. The van der Waals surface area contributed by atoms with Gasteiger partial charge in [0, 0.05) is 22.7 Å². The van der Waals surface area contributed by atoms with Gasteiger partial charge < -0.3 is 4.74 Å². The summed E-state index contributed by atoms with van der Waals surface area (Å²) < 4.78 is 5.32. The summed E-state index contributed by atoms with van der Waals surface area (Å²) in [5, 5.41) is 4.83. The molecule has 0 aliphatic rings. The Hall–Kier alpha value is -4.25. The van der Waals surface area contributed by atoms with Crippen molar-refractivity contribution in [3.05, 3.63) is 102 Å². The van der Waals surface area contributed by atoms with Crippen LogP contribution < -0.4 is 10.2 Å². The largest absolute Gasteiger partial charge is 0.496 e. The van der Waals surface area contributed by atoms with Crippen LogP contribution in [0.1, 0.15) is 15.9 Å². The van der Waals surface area contributed by atoms with Crippen LogP contribution in [0.2, 0.25) is 0 Å². The fraction of sp³-hybridized carbons (Fsp3) is 0.0385. The van der Waals surface area contributed by atoms with E-state index in [1.807, 2.05) is 84.9 Å². The minimum atomic E-state index is -0.294.